The van der Waals surface area contributed by atoms with Crippen molar-refractivity contribution in [3.8, 4) is 0 Å². The van der Waals surface area contributed by atoms with Gasteiger partial charge in [-0.1, -0.05) is 28.1 Å². The first-order valence-electron chi connectivity index (χ1n) is 7.34. The van der Waals surface area contributed by atoms with Crippen LogP contribution in [0.1, 0.15) is 24.8 Å². The second-order valence-corrected chi connectivity index (χ2v) is 7.28. The monoisotopic (exact) mass is 336 g/mol. The van der Waals surface area contributed by atoms with Crippen LogP contribution in [0.25, 0.3) is 0 Å². The lowest BCUT2D eigenvalue weighted by atomic mass is 9.82. The van der Waals surface area contributed by atoms with Gasteiger partial charge in [-0.05, 0) is 68.3 Å². The first kappa shape index (κ1) is 14.1. The summed E-state index contributed by atoms with van der Waals surface area (Å²) < 4.78 is 1.13. The number of benzene rings is 1. The molecule has 0 spiro atoms. The fourth-order valence-electron chi connectivity index (χ4n) is 3.44. The molecular weight excluding hydrogens is 316 g/mol. The van der Waals surface area contributed by atoms with Crippen LogP contribution >= 0.6 is 15.9 Å². The molecular formula is C16H21BrN2O. The fraction of sp³-hybridized carbons (Fsp3) is 0.562. The largest absolute Gasteiger partial charge is 0.369 e. The van der Waals surface area contributed by atoms with Crippen LogP contribution < -0.4 is 11.1 Å². The fourth-order valence-corrected chi connectivity index (χ4v) is 3.88. The number of carbonyl (C=O) groups is 1. The summed E-state index contributed by atoms with van der Waals surface area (Å²) >= 11 is 3.53. The maximum absolute atomic E-state index is 11.6. The average Bonchev–Trinajstić information content (AvgIpc) is 3.06. The SMILES string of the molecule is NC(=O)C1(C[C@@H]2CNC[C@H]2Cc2cccc(Br)c2)CC1. The molecule has 1 aromatic carbocycles. The molecule has 3 nitrogen and oxygen atoms in total. The van der Waals surface area contributed by atoms with Gasteiger partial charge in [0.25, 0.3) is 0 Å². The van der Waals surface area contributed by atoms with Gasteiger partial charge in [0.15, 0.2) is 0 Å². The van der Waals surface area contributed by atoms with E-state index in [0.717, 1.165) is 43.2 Å². The lowest BCUT2D eigenvalue weighted by molar-refractivity contribution is -0.123. The molecule has 1 heterocycles. The summed E-state index contributed by atoms with van der Waals surface area (Å²) in [6.07, 6.45) is 4.02. The van der Waals surface area contributed by atoms with Crippen molar-refractivity contribution >= 4 is 21.8 Å². The number of nitrogens with one attached hydrogen (secondary N) is 1. The number of nitrogens with two attached hydrogens (primary N) is 1. The van der Waals surface area contributed by atoms with E-state index < -0.39 is 0 Å². The van der Waals surface area contributed by atoms with Crippen molar-refractivity contribution in [3.63, 3.8) is 0 Å². The predicted molar refractivity (Wildman–Crippen MR) is 83.2 cm³/mol. The Kier molecular flexibility index (Phi) is 3.87. The van der Waals surface area contributed by atoms with Gasteiger partial charge in [0.2, 0.25) is 5.91 Å². The van der Waals surface area contributed by atoms with Gasteiger partial charge in [-0.25, -0.2) is 0 Å². The number of hydrogen-bond donors (Lipinski definition) is 2. The molecule has 1 aliphatic carbocycles. The van der Waals surface area contributed by atoms with Crippen LogP contribution in [0.15, 0.2) is 28.7 Å². The van der Waals surface area contributed by atoms with Gasteiger partial charge < -0.3 is 11.1 Å². The maximum Gasteiger partial charge on any atom is 0.223 e. The van der Waals surface area contributed by atoms with Gasteiger partial charge >= 0.3 is 0 Å². The first-order valence-corrected chi connectivity index (χ1v) is 8.13. The Morgan fingerprint density at radius 3 is 2.75 bits per heavy atom. The second-order valence-electron chi connectivity index (χ2n) is 6.36. The molecule has 1 saturated heterocycles. The number of rotatable bonds is 5. The average molecular weight is 337 g/mol. The Morgan fingerprint density at radius 1 is 1.35 bits per heavy atom. The highest BCUT2D eigenvalue weighted by Gasteiger charge is 2.50. The molecule has 0 bridgehead atoms. The highest BCUT2D eigenvalue weighted by molar-refractivity contribution is 9.10. The van der Waals surface area contributed by atoms with Gasteiger partial charge in [0.05, 0.1) is 0 Å². The minimum absolute atomic E-state index is 0.0920. The van der Waals surface area contributed by atoms with E-state index in [1.165, 1.54) is 5.56 Å². The molecule has 108 valence electrons. The highest BCUT2D eigenvalue weighted by Crippen LogP contribution is 2.51. The molecule has 2 aliphatic rings. The van der Waals surface area contributed by atoms with Gasteiger partial charge in [0.1, 0.15) is 0 Å². The minimum Gasteiger partial charge on any atom is -0.369 e. The minimum atomic E-state index is -0.174. The Morgan fingerprint density at radius 2 is 2.10 bits per heavy atom. The van der Waals surface area contributed by atoms with Crippen LogP contribution in [0.5, 0.6) is 0 Å². The van der Waals surface area contributed by atoms with E-state index in [2.05, 4.69) is 45.5 Å². The Bertz CT molecular complexity index is 513. The summed E-state index contributed by atoms with van der Waals surface area (Å²) in [7, 11) is 0. The van der Waals surface area contributed by atoms with Crippen molar-refractivity contribution in [2.24, 2.45) is 23.0 Å². The predicted octanol–water partition coefficient (Wildman–Crippen LogP) is 2.48. The summed E-state index contributed by atoms with van der Waals surface area (Å²) in [5, 5.41) is 3.48. The quantitative estimate of drug-likeness (QED) is 0.867. The Labute approximate surface area is 128 Å². The van der Waals surface area contributed by atoms with Crippen molar-refractivity contribution < 1.29 is 4.79 Å². The van der Waals surface area contributed by atoms with Crippen LogP contribution in [-0.4, -0.2) is 19.0 Å². The first-order chi connectivity index (χ1) is 9.59. The molecule has 2 fully saturated rings. The number of hydrogen-bond acceptors (Lipinski definition) is 2. The molecule has 1 saturated carbocycles. The van der Waals surface area contributed by atoms with Crippen molar-refractivity contribution in [3.05, 3.63) is 34.3 Å². The third kappa shape index (κ3) is 2.91. The molecule has 1 amide bonds. The molecule has 20 heavy (non-hydrogen) atoms. The van der Waals surface area contributed by atoms with Crippen molar-refractivity contribution in [2.75, 3.05) is 13.1 Å². The van der Waals surface area contributed by atoms with E-state index >= 15 is 0 Å². The summed E-state index contributed by atoms with van der Waals surface area (Å²) in [5.74, 6) is 1.09. The maximum atomic E-state index is 11.6. The molecule has 3 rings (SSSR count). The van der Waals surface area contributed by atoms with Crippen molar-refractivity contribution in [2.45, 2.75) is 25.7 Å². The number of amides is 1. The van der Waals surface area contributed by atoms with Crippen molar-refractivity contribution in [1.29, 1.82) is 0 Å². The lowest BCUT2D eigenvalue weighted by Crippen LogP contribution is -2.29. The molecule has 0 radical (unpaired) electrons. The van der Waals surface area contributed by atoms with E-state index in [-0.39, 0.29) is 11.3 Å². The summed E-state index contributed by atoms with van der Waals surface area (Å²) in [4.78, 5) is 11.6. The molecule has 2 atom stereocenters. The lowest BCUT2D eigenvalue weighted by Gasteiger charge is -2.22. The van der Waals surface area contributed by atoms with Gasteiger partial charge in [-0.3, -0.25) is 4.79 Å². The van der Waals surface area contributed by atoms with Gasteiger partial charge in [-0.2, -0.15) is 0 Å². The summed E-state index contributed by atoms with van der Waals surface area (Å²) in [6.45, 7) is 2.07. The van der Waals surface area contributed by atoms with E-state index in [1.807, 2.05) is 0 Å². The topological polar surface area (TPSA) is 55.1 Å². The normalized spacial score (nSPS) is 27.4. The van der Waals surface area contributed by atoms with Crippen LogP contribution in [0.4, 0.5) is 0 Å². The van der Waals surface area contributed by atoms with E-state index in [4.69, 9.17) is 5.73 Å². The number of halogens is 1. The van der Waals surface area contributed by atoms with E-state index in [0.29, 0.717) is 11.8 Å². The third-order valence-corrected chi connectivity index (χ3v) is 5.39. The van der Waals surface area contributed by atoms with Crippen LogP contribution in [0.2, 0.25) is 0 Å². The zero-order chi connectivity index (χ0) is 14.2. The van der Waals surface area contributed by atoms with Crippen LogP contribution in [-0.2, 0) is 11.2 Å². The highest BCUT2D eigenvalue weighted by atomic mass is 79.9. The molecule has 1 aliphatic heterocycles. The van der Waals surface area contributed by atoms with E-state index in [1.54, 1.807) is 0 Å². The smallest absolute Gasteiger partial charge is 0.223 e. The van der Waals surface area contributed by atoms with E-state index in [9.17, 15) is 4.79 Å². The number of carbonyl (C=O) groups excluding carboxylic acids is 1. The van der Waals surface area contributed by atoms with Crippen LogP contribution in [0.3, 0.4) is 0 Å². The molecule has 4 heteroatoms. The summed E-state index contributed by atoms with van der Waals surface area (Å²) in [6, 6.07) is 8.51. The summed E-state index contributed by atoms with van der Waals surface area (Å²) in [5.41, 5.74) is 6.75. The van der Waals surface area contributed by atoms with Gasteiger partial charge in [0, 0.05) is 9.89 Å². The third-order valence-electron chi connectivity index (χ3n) is 4.90. The number of primary amides is 1. The van der Waals surface area contributed by atoms with Crippen LogP contribution in [0, 0.1) is 17.3 Å². The molecule has 1 aromatic rings. The van der Waals surface area contributed by atoms with Gasteiger partial charge in [-0.15, -0.1) is 0 Å². The zero-order valence-corrected chi connectivity index (χ0v) is 13.2. The standard InChI is InChI=1S/C16H21BrN2O/c17-14-3-1-2-11(7-14)6-12-9-19-10-13(12)8-16(4-5-16)15(18)20/h1-3,7,12-13,19H,4-6,8-10H2,(H2,18,20)/t12-,13-/m1/s1. The second kappa shape index (κ2) is 5.49. The molecule has 3 N–H and O–H groups in total. The zero-order valence-electron chi connectivity index (χ0n) is 11.6. The Hall–Kier alpha value is -0.870. The van der Waals surface area contributed by atoms with Crippen molar-refractivity contribution in [1.82, 2.24) is 5.32 Å². The Balaban J connectivity index is 1.65. The molecule has 0 unspecified atom stereocenters. The molecule has 0 aromatic heterocycles.